The van der Waals surface area contributed by atoms with E-state index in [1.165, 1.54) is 82.3 Å². The van der Waals surface area contributed by atoms with Crippen molar-refractivity contribution in [2.24, 2.45) is 0 Å². The quantitative estimate of drug-likeness (QED) is 0.0415. The molecule has 0 bridgehead atoms. The second kappa shape index (κ2) is 16.4. The Morgan fingerprint density at radius 3 is 2.04 bits per heavy atom. The first-order valence-electron chi connectivity index (χ1n) is 20.1. The van der Waals surface area contributed by atoms with Crippen LogP contribution in [0.1, 0.15) is 47.6 Å². The lowest BCUT2D eigenvalue weighted by molar-refractivity contribution is -0.462. The van der Waals surface area contributed by atoms with Gasteiger partial charge in [-0.15, -0.1) is 0 Å². The van der Waals surface area contributed by atoms with Crippen LogP contribution < -0.4 is 20.7 Å². The highest BCUT2D eigenvalue weighted by Crippen LogP contribution is 2.42. The minimum absolute atomic E-state index is 0.0754. The molecule has 0 spiro atoms. The van der Waals surface area contributed by atoms with E-state index in [9.17, 15) is 4.79 Å². The van der Waals surface area contributed by atoms with Crippen molar-refractivity contribution in [2.45, 2.75) is 52.2 Å². The molecule has 0 fully saturated rings. The van der Waals surface area contributed by atoms with E-state index in [0.717, 1.165) is 38.8 Å². The SMILES string of the molecule is C=C(C)C(=O)NCCCNCc1c2ccccc2c(CCCc2ccc(C3=C4C=CC(=[N+](C)C)C=C4[Si](C)(C)c4cc(N(C)C)ccc43)cc2)c2ccccc12. The molecule has 5 aromatic rings. The predicted molar refractivity (Wildman–Crippen MR) is 242 cm³/mol. The van der Waals surface area contributed by atoms with Gasteiger partial charge < -0.3 is 15.5 Å². The molecule has 7 rings (SSSR count). The highest BCUT2D eigenvalue weighted by molar-refractivity contribution is 6.98. The molecule has 5 aromatic carbocycles. The molecule has 0 aromatic heterocycles. The van der Waals surface area contributed by atoms with E-state index in [4.69, 9.17) is 0 Å². The first-order chi connectivity index (χ1) is 27.0. The zero-order valence-electron chi connectivity index (χ0n) is 34.4. The summed E-state index contributed by atoms with van der Waals surface area (Å²) in [6, 6.07) is 34.4. The van der Waals surface area contributed by atoms with Crippen molar-refractivity contribution in [3.8, 4) is 0 Å². The summed E-state index contributed by atoms with van der Waals surface area (Å²) in [5, 5.41) is 14.9. The minimum atomic E-state index is -1.98. The smallest absolute Gasteiger partial charge is 0.246 e. The van der Waals surface area contributed by atoms with Gasteiger partial charge in [0.2, 0.25) is 5.91 Å². The topological polar surface area (TPSA) is 47.4 Å². The molecule has 2 N–H and O–H groups in total. The highest BCUT2D eigenvalue weighted by atomic mass is 28.3. The number of amides is 1. The summed E-state index contributed by atoms with van der Waals surface area (Å²) in [6.07, 6.45) is 11.1. The average Bonchev–Trinajstić information content (AvgIpc) is 3.19. The predicted octanol–water partition coefficient (Wildman–Crippen LogP) is 8.89. The zero-order valence-corrected chi connectivity index (χ0v) is 35.4. The van der Waals surface area contributed by atoms with E-state index in [0.29, 0.717) is 12.1 Å². The molecule has 56 heavy (non-hydrogen) atoms. The molecule has 2 aliphatic rings. The van der Waals surface area contributed by atoms with Gasteiger partial charge in [-0.05, 0) is 128 Å². The number of benzene rings is 5. The van der Waals surface area contributed by atoms with E-state index in [1.54, 1.807) is 6.92 Å². The summed E-state index contributed by atoms with van der Waals surface area (Å²) < 4.78 is 2.22. The van der Waals surface area contributed by atoms with Crippen LogP contribution >= 0.6 is 0 Å². The summed E-state index contributed by atoms with van der Waals surface area (Å²) >= 11 is 0. The number of allylic oxidation sites excluding steroid dienone is 5. The fraction of sp³-hybridized carbons (Fsp3) is 0.280. The van der Waals surface area contributed by atoms with Crippen molar-refractivity contribution in [1.29, 1.82) is 0 Å². The molecule has 0 saturated carbocycles. The molecule has 6 heteroatoms. The largest absolute Gasteiger partial charge is 0.378 e. The molecular formula is C50H57N4OSi+. The Morgan fingerprint density at radius 2 is 1.43 bits per heavy atom. The molecule has 0 saturated heterocycles. The highest BCUT2D eigenvalue weighted by Gasteiger charge is 2.40. The number of aryl methyl sites for hydroxylation is 2. The molecule has 0 radical (unpaired) electrons. The summed E-state index contributed by atoms with van der Waals surface area (Å²) in [7, 11) is 6.58. The van der Waals surface area contributed by atoms with E-state index in [1.807, 2.05) is 0 Å². The average molecular weight is 758 g/mol. The lowest BCUT2D eigenvalue weighted by atomic mass is 9.88. The van der Waals surface area contributed by atoms with E-state index >= 15 is 0 Å². The summed E-state index contributed by atoms with van der Waals surface area (Å²) in [4.78, 5) is 14.1. The molecule has 0 unspecified atom stereocenters. The van der Waals surface area contributed by atoms with Crippen molar-refractivity contribution in [3.05, 3.63) is 160 Å². The Kier molecular flexibility index (Phi) is 11.4. The summed E-state index contributed by atoms with van der Waals surface area (Å²) in [6.45, 7) is 12.7. The molecule has 5 nitrogen and oxygen atoms in total. The number of nitrogens with one attached hydrogen (secondary N) is 2. The Labute approximate surface area is 334 Å². The van der Waals surface area contributed by atoms with Crippen LogP contribution in [-0.4, -0.2) is 65.5 Å². The fourth-order valence-corrected chi connectivity index (χ4v) is 11.6. The van der Waals surface area contributed by atoms with Gasteiger partial charge in [0.05, 0.1) is 0 Å². The number of nitrogens with zero attached hydrogens (tertiary/aromatic N) is 2. The third kappa shape index (κ3) is 7.73. The van der Waals surface area contributed by atoms with Crippen LogP contribution in [0.2, 0.25) is 13.1 Å². The van der Waals surface area contributed by atoms with Gasteiger partial charge in [-0.25, -0.2) is 4.58 Å². The maximum Gasteiger partial charge on any atom is 0.246 e. The van der Waals surface area contributed by atoms with Crippen LogP contribution in [0, 0.1) is 0 Å². The van der Waals surface area contributed by atoms with Crippen molar-refractivity contribution in [3.63, 3.8) is 0 Å². The van der Waals surface area contributed by atoms with Crippen molar-refractivity contribution < 1.29 is 9.37 Å². The number of hydrogen-bond acceptors (Lipinski definition) is 3. The van der Waals surface area contributed by atoms with Crippen LogP contribution in [-0.2, 0) is 24.2 Å². The van der Waals surface area contributed by atoms with Crippen molar-refractivity contribution in [1.82, 2.24) is 10.6 Å². The first kappa shape index (κ1) is 39.0. The van der Waals surface area contributed by atoms with Gasteiger partial charge in [0.1, 0.15) is 22.2 Å². The first-order valence-corrected chi connectivity index (χ1v) is 23.1. The number of anilines is 1. The number of rotatable bonds is 13. The monoisotopic (exact) mass is 757 g/mol. The normalized spacial score (nSPS) is 14.4. The second-order valence-corrected chi connectivity index (χ2v) is 20.7. The number of hydrogen-bond donors (Lipinski definition) is 2. The molecular weight excluding hydrogens is 701 g/mol. The van der Waals surface area contributed by atoms with Gasteiger partial charge >= 0.3 is 0 Å². The van der Waals surface area contributed by atoms with Crippen molar-refractivity contribution >= 4 is 57.7 Å². The van der Waals surface area contributed by atoms with Crippen LogP contribution in [0.3, 0.4) is 0 Å². The van der Waals surface area contributed by atoms with Gasteiger partial charge in [0, 0.05) is 50.6 Å². The van der Waals surface area contributed by atoms with Crippen LogP contribution in [0.15, 0.2) is 132 Å². The van der Waals surface area contributed by atoms with Gasteiger partial charge in [-0.3, -0.25) is 4.79 Å². The zero-order chi connectivity index (χ0) is 39.6. The number of fused-ring (bicyclic) bond motifs is 4. The van der Waals surface area contributed by atoms with Gasteiger partial charge in [0.25, 0.3) is 0 Å². The third-order valence-electron chi connectivity index (χ3n) is 11.7. The Morgan fingerprint density at radius 1 is 0.786 bits per heavy atom. The van der Waals surface area contributed by atoms with Gasteiger partial charge in [0.15, 0.2) is 5.71 Å². The molecule has 1 aliphatic carbocycles. The number of carbonyl (C=O) groups excluding carboxylic acids is 1. The maximum atomic E-state index is 11.9. The summed E-state index contributed by atoms with van der Waals surface area (Å²) in [5.41, 5.74) is 12.6. The van der Waals surface area contributed by atoms with Gasteiger partial charge in [-0.2, -0.15) is 0 Å². The lowest BCUT2D eigenvalue weighted by Crippen LogP contribution is -2.49. The van der Waals surface area contributed by atoms with Gasteiger partial charge in [-0.1, -0.05) is 98.5 Å². The van der Waals surface area contributed by atoms with Crippen molar-refractivity contribution in [2.75, 3.05) is 46.2 Å². The third-order valence-corrected chi connectivity index (χ3v) is 15.2. The van der Waals surface area contributed by atoms with Crippen LogP contribution in [0.4, 0.5) is 5.69 Å². The molecule has 0 atom stereocenters. The molecule has 1 amide bonds. The lowest BCUT2D eigenvalue weighted by Gasteiger charge is -2.38. The standard InChI is InChI=1S/C50H56N4OSi/c1-34(2)50(55)52-30-14-29-51-33-46-42-18-11-9-16-39(42)41(40-17-10-12-19-43(40)46)20-13-15-35-21-23-36(24-22-35)49-44-27-25-37(53(3)4)31-47(44)56(7,8)48-32-38(54(5)6)26-28-45(48)49/h9-12,16-19,21-28,31-32,51H,1,13-15,20,29-30,33H2,2-8H3/p+1. The van der Waals surface area contributed by atoms with Crippen LogP contribution in [0.5, 0.6) is 0 Å². The minimum Gasteiger partial charge on any atom is -0.378 e. The number of carbonyl (C=O) groups is 1. The maximum absolute atomic E-state index is 11.9. The van der Waals surface area contributed by atoms with E-state index in [2.05, 4.69) is 177 Å². The molecule has 286 valence electrons. The molecule has 1 heterocycles. The van der Waals surface area contributed by atoms with Crippen LogP contribution in [0.25, 0.3) is 27.1 Å². The van der Waals surface area contributed by atoms with E-state index < -0.39 is 8.07 Å². The fourth-order valence-electron chi connectivity index (χ4n) is 8.55. The van der Waals surface area contributed by atoms with E-state index in [-0.39, 0.29) is 5.91 Å². The molecule has 1 aliphatic heterocycles. The Hall–Kier alpha value is -5.30. The Balaban J connectivity index is 1.12. The summed E-state index contributed by atoms with van der Waals surface area (Å²) in [5.74, 6) is -0.0754. The second-order valence-electron chi connectivity index (χ2n) is 16.4. The Bertz CT molecular complexity index is 2400.